The van der Waals surface area contributed by atoms with Crippen LogP contribution in [0.1, 0.15) is 13.3 Å². The summed E-state index contributed by atoms with van der Waals surface area (Å²) in [4.78, 5) is 8.06. The van der Waals surface area contributed by atoms with E-state index in [1.165, 1.54) is 0 Å². The van der Waals surface area contributed by atoms with Crippen molar-refractivity contribution in [2.45, 2.75) is 19.4 Å². The molecule has 1 heterocycles. The lowest BCUT2D eigenvalue weighted by Crippen LogP contribution is -2.23. The van der Waals surface area contributed by atoms with Gasteiger partial charge in [-0.3, -0.25) is 0 Å². The van der Waals surface area contributed by atoms with Gasteiger partial charge in [-0.25, -0.2) is 9.98 Å². The van der Waals surface area contributed by atoms with E-state index in [9.17, 15) is 0 Å². The van der Waals surface area contributed by atoms with Crippen molar-refractivity contribution in [2.75, 3.05) is 7.05 Å². The Hall–Kier alpha value is -1.16. The highest BCUT2D eigenvalue weighted by molar-refractivity contribution is 5.88. The van der Waals surface area contributed by atoms with Crippen molar-refractivity contribution in [2.24, 2.45) is 15.7 Å². The highest BCUT2D eigenvalue weighted by Crippen LogP contribution is 2.06. The molecule has 0 saturated heterocycles. The molecule has 1 atom stereocenters. The average molecular weight is 166 g/mol. The van der Waals surface area contributed by atoms with Gasteiger partial charge in [-0.05, 0) is 14.0 Å². The molecule has 0 spiro atoms. The summed E-state index contributed by atoms with van der Waals surface area (Å²) in [6.45, 7) is 2.04. The van der Waals surface area contributed by atoms with E-state index >= 15 is 0 Å². The van der Waals surface area contributed by atoms with Gasteiger partial charge in [-0.2, -0.15) is 0 Å². The summed E-state index contributed by atoms with van der Waals surface area (Å²) >= 11 is 0. The van der Waals surface area contributed by atoms with Crippen LogP contribution in [0, 0.1) is 0 Å². The summed E-state index contributed by atoms with van der Waals surface area (Å²) in [5, 5.41) is 3.10. The molecular formula is C8H14N4. The maximum Gasteiger partial charge on any atom is 0.219 e. The summed E-state index contributed by atoms with van der Waals surface area (Å²) < 4.78 is 0. The van der Waals surface area contributed by atoms with Crippen LogP contribution < -0.4 is 11.1 Å². The molecule has 0 saturated carbocycles. The molecule has 1 aliphatic heterocycles. The largest absolute Gasteiger partial charge is 0.368 e. The number of likely N-dealkylation sites (N-methyl/N-ethyl adjacent to an activating group) is 1. The molecule has 0 aromatic heterocycles. The fourth-order valence-electron chi connectivity index (χ4n) is 0.948. The number of nitrogens with zero attached hydrogens (tertiary/aromatic N) is 2. The Balaban J connectivity index is 2.78. The molecule has 12 heavy (non-hydrogen) atoms. The predicted octanol–water partition coefficient (Wildman–Crippen LogP) is 0.267. The predicted molar refractivity (Wildman–Crippen MR) is 51.3 cm³/mol. The van der Waals surface area contributed by atoms with Crippen molar-refractivity contribution < 1.29 is 0 Å². The zero-order valence-corrected chi connectivity index (χ0v) is 7.41. The van der Waals surface area contributed by atoms with Gasteiger partial charge in [0.25, 0.3) is 0 Å². The highest BCUT2D eigenvalue weighted by atomic mass is 15.1. The third kappa shape index (κ3) is 2.17. The molecule has 1 aliphatic rings. The van der Waals surface area contributed by atoms with Crippen LogP contribution >= 0.6 is 0 Å². The van der Waals surface area contributed by atoms with E-state index in [2.05, 4.69) is 15.3 Å². The van der Waals surface area contributed by atoms with Gasteiger partial charge in [-0.1, -0.05) is 6.08 Å². The molecule has 0 amide bonds. The number of allylic oxidation sites excluding steroid dienone is 1. The fraction of sp³-hybridized carbons (Fsp3) is 0.500. The third-order valence-electron chi connectivity index (χ3n) is 1.78. The second-order valence-electron chi connectivity index (χ2n) is 2.66. The van der Waals surface area contributed by atoms with Gasteiger partial charge >= 0.3 is 0 Å². The molecule has 4 nitrogen and oxygen atoms in total. The molecule has 1 unspecified atom stereocenters. The maximum absolute atomic E-state index is 5.50. The molecule has 0 aromatic carbocycles. The van der Waals surface area contributed by atoms with E-state index in [4.69, 9.17) is 5.73 Å². The quantitative estimate of drug-likeness (QED) is 0.618. The Labute approximate surface area is 72.3 Å². The summed E-state index contributed by atoms with van der Waals surface area (Å²) in [5.41, 5.74) is 6.45. The zero-order valence-electron chi connectivity index (χ0n) is 7.41. The first-order valence-electron chi connectivity index (χ1n) is 3.98. The standard InChI is InChI=1S/C8H14N4/c1-6(10-2)7-4-3-5-11-8(9)12-7/h4-6,10H,3H2,1-2H3,(H2,9,12). The van der Waals surface area contributed by atoms with Gasteiger partial charge in [0, 0.05) is 18.7 Å². The number of nitrogens with one attached hydrogen (secondary N) is 1. The minimum Gasteiger partial charge on any atom is -0.368 e. The van der Waals surface area contributed by atoms with E-state index in [0.29, 0.717) is 5.96 Å². The van der Waals surface area contributed by atoms with E-state index < -0.39 is 0 Å². The van der Waals surface area contributed by atoms with Crippen molar-refractivity contribution in [3.8, 4) is 0 Å². The first-order chi connectivity index (χ1) is 5.74. The Kier molecular flexibility index (Phi) is 2.99. The fourth-order valence-corrected chi connectivity index (χ4v) is 0.948. The SMILES string of the molecule is CNC(C)C1=CCC=NC(N)=N1. The Morgan fingerprint density at radius 2 is 2.42 bits per heavy atom. The van der Waals surface area contributed by atoms with E-state index in [0.717, 1.165) is 12.1 Å². The molecule has 3 N–H and O–H groups in total. The van der Waals surface area contributed by atoms with Crippen molar-refractivity contribution in [1.29, 1.82) is 0 Å². The van der Waals surface area contributed by atoms with Gasteiger partial charge in [-0.15, -0.1) is 0 Å². The molecule has 0 aliphatic carbocycles. The van der Waals surface area contributed by atoms with E-state index in [1.807, 2.05) is 20.0 Å². The van der Waals surface area contributed by atoms with Crippen LogP contribution in [0.5, 0.6) is 0 Å². The number of aliphatic imine (C=N–C) groups is 2. The Morgan fingerprint density at radius 3 is 3.08 bits per heavy atom. The number of hydrogen-bond donors (Lipinski definition) is 2. The number of rotatable bonds is 2. The zero-order chi connectivity index (χ0) is 8.97. The molecule has 0 aromatic rings. The second kappa shape index (κ2) is 4.01. The van der Waals surface area contributed by atoms with Crippen LogP contribution in [0.25, 0.3) is 0 Å². The lowest BCUT2D eigenvalue weighted by Gasteiger charge is -2.09. The van der Waals surface area contributed by atoms with Crippen LogP contribution in [0.4, 0.5) is 0 Å². The smallest absolute Gasteiger partial charge is 0.219 e. The van der Waals surface area contributed by atoms with Crippen LogP contribution in [-0.4, -0.2) is 25.3 Å². The van der Waals surface area contributed by atoms with Crippen LogP contribution in [0.3, 0.4) is 0 Å². The minimum atomic E-state index is 0.227. The monoisotopic (exact) mass is 166 g/mol. The van der Waals surface area contributed by atoms with Crippen LogP contribution in [0.2, 0.25) is 0 Å². The third-order valence-corrected chi connectivity index (χ3v) is 1.78. The highest BCUT2D eigenvalue weighted by Gasteiger charge is 2.06. The molecule has 0 radical (unpaired) electrons. The first kappa shape index (κ1) is 8.93. The van der Waals surface area contributed by atoms with E-state index in [1.54, 1.807) is 6.21 Å². The summed E-state index contributed by atoms with van der Waals surface area (Å²) in [5.74, 6) is 0.334. The van der Waals surface area contributed by atoms with Crippen LogP contribution in [-0.2, 0) is 0 Å². The second-order valence-corrected chi connectivity index (χ2v) is 2.66. The first-order valence-corrected chi connectivity index (χ1v) is 3.98. The molecular weight excluding hydrogens is 152 g/mol. The lowest BCUT2D eigenvalue weighted by molar-refractivity contribution is 0.684. The normalized spacial score (nSPS) is 19.5. The minimum absolute atomic E-state index is 0.227. The summed E-state index contributed by atoms with van der Waals surface area (Å²) in [6, 6.07) is 0.227. The molecule has 1 rings (SSSR count). The van der Waals surface area contributed by atoms with E-state index in [-0.39, 0.29) is 6.04 Å². The molecule has 0 bridgehead atoms. The molecule has 0 fully saturated rings. The summed E-state index contributed by atoms with van der Waals surface area (Å²) in [6.07, 6.45) is 4.57. The van der Waals surface area contributed by atoms with Gasteiger partial charge in [0.2, 0.25) is 5.96 Å². The van der Waals surface area contributed by atoms with Gasteiger partial charge in [0.15, 0.2) is 0 Å². The Morgan fingerprint density at radius 1 is 1.67 bits per heavy atom. The van der Waals surface area contributed by atoms with Gasteiger partial charge in [0.1, 0.15) is 0 Å². The summed E-state index contributed by atoms with van der Waals surface area (Å²) in [7, 11) is 1.89. The lowest BCUT2D eigenvalue weighted by atomic mass is 10.2. The van der Waals surface area contributed by atoms with Crippen molar-refractivity contribution in [3.05, 3.63) is 11.8 Å². The molecule has 4 heteroatoms. The number of nitrogens with two attached hydrogens (primary N) is 1. The van der Waals surface area contributed by atoms with Crippen LogP contribution in [0.15, 0.2) is 21.8 Å². The topological polar surface area (TPSA) is 62.8 Å². The average Bonchev–Trinajstić information content (AvgIpc) is 2.28. The maximum atomic E-state index is 5.50. The number of hydrogen-bond acceptors (Lipinski definition) is 4. The molecule has 66 valence electrons. The van der Waals surface area contributed by atoms with Gasteiger partial charge < -0.3 is 11.1 Å². The van der Waals surface area contributed by atoms with Crippen molar-refractivity contribution >= 4 is 12.2 Å². The number of guanidine groups is 1. The van der Waals surface area contributed by atoms with Crippen molar-refractivity contribution in [1.82, 2.24) is 5.32 Å². The Bertz CT molecular complexity index is 239. The van der Waals surface area contributed by atoms with Gasteiger partial charge in [0.05, 0.1) is 5.70 Å². The van der Waals surface area contributed by atoms with Crippen molar-refractivity contribution in [3.63, 3.8) is 0 Å².